The summed E-state index contributed by atoms with van der Waals surface area (Å²) in [6, 6.07) is 9.02. The SMILES string of the molecule is CCCCCCNc1ccc(CCCCCC)cc1. The molecule has 0 unspecified atom stereocenters. The lowest BCUT2D eigenvalue weighted by molar-refractivity contribution is 0.667. The zero-order chi connectivity index (χ0) is 13.8. The standard InChI is InChI=1S/C18H31N/c1-3-5-7-9-11-17-12-14-18(15-13-17)19-16-10-8-6-4-2/h12-15,19H,3-11,16H2,1-2H3. The second kappa shape index (κ2) is 10.9. The molecule has 0 aromatic heterocycles. The molecule has 0 amide bonds. The largest absolute Gasteiger partial charge is 0.385 e. The number of aryl methyl sites for hydroxylation is 1. The fourth-order valence-corrected chi connectivity index (χ4v) is 2.33. The summed E-state index contributed by atoms with van der Waals surface area (Å²) in [4.78, 5) is 0. The van der Waals surface area contributed by atoms with E-state index >= 15 is 0 Å². The van der Waals surface area contributed by atoms with Gasteiger partial charge in [-0.05, 0) is 37.0 Å². The molecule has 108 valence electrons. The van der Waals surface area contributed by atoms with Crippen molar-refractivity contribution in [3.05, 3.63) is 29.8 Å². The summed E-state index contributed by atoms with van der Waals surface area (Å²) in [6.07, 6.45) is 11.9. The Labute approximate surface area is 119 Å². The third-order valence-electron chi connectivity index (χ3n) is 3.63. The minimum absolute atomic E-state index is 1.11. The summed E-state index contributed by atoms with van der Waals surface area (Å²) in [6.45, 7) is 5.63. The van der Waals surface area contributed by atoms with E-state index in [0.717, 1.165) is 6.54 Å². The molecule has 1 N–H and O–H groups in total. The van der Waals surface area contributed by atoms with Gasteiger partial charge in [0.2, 0.25) is 0 Å². The molecule has 1 nitrogen and oxygen atoms in total. The Kier molecular flexibility index (Phi) is 9.22. The van der Waals surface area contributed by atoms with Gasteiger partial charge in [-0.2, -0.15) is 0 Å². The van der Waals surface area contributed by atoms with Crippen LogP contribution in [0.1, 0.15) is 70.8 Å². The summed E-state index contributed by atoms with van der Waals surface area (Å²) < 4.78 is 0. The number of hydrogen-bond acceptors (Lipinski definition) is 1. The molecular formula is C18H31N. The van der Waals surface area contributed by atoms with Gasteiger partial charge in [0, 0.05) is 12.2 Å². The molecule has 1 aromatic rings. The highest BCUT2D eigenvalue weighted by atomic mass is 14.9. The van der Waals surface area contributed by atoms with Gasteiger partial charge in [0.1, 0.15) is 0 Å². The van der Waals surface area contributed by atoms with Crippen molar-refractivity contribution in [3.63, 3.8) is 0 Å². The highest BCUT2D eigenvalue weighted by molar-refractivity contribution is 5.44. The summed E-state index contributed by atoms with van der Waals surface area (Å²) in [5.74, 6) is 0. The Morgan fingerprint density at radius 2 is 1.37 bits per heavy atom. The molecule has 0 heterocycles. The maximum Gasteiger partial charge on any atom is 0.0340 e. The van der Waals surface area contributed by atoms with Crippen molar-refractivity contribution >= 4 is 5.69 Å². The van der Waals surface area contributed by atoms with Gasteiger partial charge >= 0.3 is 0 Å². The van der Waals surface area contributed by atoms with Crippen molar-refractivity contribution in [1.29, 1.82) is 0 Å². The molecule has 19 heavy (non-hydrogen) atoms. The third-order valence-corrected chi connectivity index (χ3v) is 3.63. The molecule has 1 aromatic carbocycles. The number of rotatable bonds is 11. The molecule has 0 radical (unpaired) electrons. The van der Waals surface area contributed by atoms with Crippen LogP contribution >= 0.6 is 0 Å². The Bertz CT molecular complexity index is 302. The van der Waals surface area contributed by atoms with Crippen LogP contribution in [-0.2, 0) is 6.42 Å². The zero-order valence-electron chi connectivity index (χ0n) is 12.9. The van der Waals surface area contributed by atoms with Crippen molar-refractivity contribution in [2.75, 3.05) is 11.9 Å². The predicted octanol–water partition coefficient (Wildman–Crippen LogP) is 5.80. The van der Waals surface area contributed by atoms with Crippen molar-refractivity contribution in [2.45, 2.75) is 71.6 Å². The molecule has 0 aliphatic heterocycles. The molecule has 0 aliphatic rings. The summed E-state index contributed by atoms with van der Waals surface area (Å²) in [5.41, 5.74) is 2.75. The quantitative estimate of drug-likeness (QED) is 0.496. The molecule has 0 saturated carbocycles. The van der Waals surface area contributed by atoms with E-state index in [1.165, 1.54) is 69.0 Å². The van der Waals surface area contributed by atoms with Gasteiger partial charge < -0.3 is 5.32 Å². The Morgan fingerprint density at radius 1 is 0.737 bits per heavy atom. The van der Waals surface area contributed by atoms with Gasteiger partial charge in [-0.25, -0.2) is 0 Å². The van der Waals surface area contributed by atoms with E-state index in [2.05, 4.69) is 43.4 Å². The maximum absolute atomic E-state index is 3.51. The van der Waals surface area contributed by atoms with E-state index in [1.807, 2.05) is 0 Å². The Balaban J connectivity index is 2.16. The van der Waals surface area contributed by atoms with Crippen LogP contribution in [0.25, 0.3) is 0 Å². The molecule has 0 atom stereocenters. The predicted molar refractivity (Wildman–Crippen MR) is 86.9 cm³/mol. The fourth-order valence-electron chi connectivity index (χ4n) is 2.33. The molecule has 0 aliphatic carbocycles. The highest BCUT2D eigenvalue weighted by Crippen LogP contribution is 2.13. The summed E-state index contributed by atoms with van der Waals surface area (Å²) >= 11 is 0. The Hall–Kier alpha value is -0.980. The van der Waals surface area contributed by atoms with Crippen LogP contribution in [0.15, 0.2) is 24.3 Å². The van der Waals surface area contributed by atoms with E-state index in [9.17, 15) is 0 Å². The number of benzene rings is 1. The molecule has 0 fully saturated rings. The van der Waals surface area contributed by atoms with Gasteiger partial charge in [-0.3, -0.25) is 0 Å². The van der Waals surface area contributed by atoms with E-state index in [0.29, 0.717) is 0 Å². The minimum Gasteiger partial charge on any atom is -0.385 e. The molecule has 0 spiro atoms. The summed E-state index contributed by atoms with van der Waals surface area (Å²) in [7, 11) is 0. The number of nitrogens with one attached hydrogen (secondary N) is 1. The Morgan fingerprint density at radius 3 is 2.00 bits per heavy atom. The molecular weight excluding hydrogens is 230 g/mol. The number of hydrogen-bond donors (Lipinski definition) is 1. The van der Waals surface area contributed by atoms with Gasteiger partial charge in [-0.15, -0.1) is 0 Å². The number of unbranched alkanes of at least 4 members (excludes halogenated alkanes) is 6. The molecule has 0 saturated heterocycles. The van der Waals surface area contributed by atoms with Gasteiger partial charge in [0.15, 0.2) is 0 Å². The first-order chi connectivity index (χ1) is 9.36. The topological polar surface area (TPSA) is 12.0 Å². The van der Waals surface area contributed by atoms with Crippen molar-refractivity contribution in [2.24, 2.45) is 0 Å². The van der Waals surface area contributed by atoms with Crippen molar-refractivity contribution in [1.82, 2.24) is 0 Å². The average molecular weight is 261 g/mol. The number of anilines is 1. The van der Waals surface area contributed by atoms with Crippen molar-refractivity contribution in [3.8, 4) is 0 Å². The molecule has 1 rings (SSSR count). The van der Waals surface area contributed by atoms with Gasteiger partial charge in [0.05, 0.1) is 0 Å². The normalized spacial score (nSPS) is 10.6. The van der Waals surface area contributed by atoms with Crippen LogP contribution in [0, 0.1) is 0 Å². The van der Waals surface area contributed by atoms with E-state index in [-0.39, 0.29) is 0 Å². The van der Waals surface area contributed by atoms with Crippen molar-refractivity contribution < 1.29 is 0 Å². The monoisotopic (exact) mass is 261 g/mol. The first-order valence-corrected chi connectivity index (χ1v) is 8.19. The van der Waals surface area contributed by atoms with Gasteiger partial charge in [-0.1, -0.05) is 64.5 Å². The minimum atomic E-state index is 1.11. The van der Waals surface area contributed by atoms with Crippen LogP contribution in [0.2, 0.25) is 0 Å². The van der Waals surface area contributed by atoms with E-state index in [4.69, 9.17) is 0 Å². The van der Waals surface area contributed by atoms with Crippen LogP contribution < -0.4 is 5.32 Å². The lowest BCUT2D eigenvalue weighted by atomic mass is 10.1. The second-order valence-corrected chi connectivity index (χ2v) is 5.50. The molecule has 1 heteroatoms. The van der Waals surface area contributed by atoms with Crippen LogP contribution in [0.5, 0.6) is 0 Å². The van der Waals surface area contributed by atoms with Crippen LogP contribution in [0.3, 0.4) is 0 Å². The second-order valence-electron chi connectivity index (χ2n) is 5.50. The first-order valence-electron chi connectivity index (χ1n) is 8.19. The fraction of sp³-hybridized carbons (Fsp3) is 0.667. The lowest BCUT2D eigenvalue weighted by Crippen LogP contribution is -2.01. The maximum atomic E-state index is 3.51. The third kappa shape index (κ3) is 7.92. The smallest absolute Gasteiger partial charge is 0.0340 e. The van der Waals surface area contributed by atoms with Gasteiger partial charge in [0.25, 0.3) is 0 Å². The van der Waals surface area contributed by atoms with E-state index < -0.39 is 0 Å². The lowest BCUT2D eigenvalue weighted by Gasteiger charge is -2.07. The zero-order valence-corrected chi connectivity index (χ0v) is 12.9. The first kappa shape index (κ1) is 16.1. The summed E-state index contributed by atoms with van der Waals surface area (Å²) in [5, 5.41) is 3.51. The molecule has 0 bridgehead atoms. The van der Waals surface area contributed by atoms with Crippen LogP contribution in [-0.4, -0.2) is 6.54 Å². The average Bonchev–Trinajstić information content (AvgIpc) is 2.45. The van der Waals surface area contributed by atoms with E-state index in [1.54, 1.807) is 0 Å². The van der Waals surface area contributed by atoms with Crippen LogP contribution in [0.4, 0.5) is 5.69 Å². The highest BCUT2D eigenvalue weighted by Gasteiger charge is 1.95.